The largest absolute Gasteiger partial charge is 0.504 e. The Bertz CT molecular complexity index is 2380. The normalized spacial score (nSPS) is 10.2. The Morgan fingerprint density at radius 1 is 0.695 bits per heavy atom. The zero-order valence-electron chi connectivity index (χ0n) is 32.0. The molecule has 0 aliphatic rings. The number of phenols is 6. The van der Waals surface area contributed by atoms with Crippen LogP contribution in [0.2, 0.25) is 0 Å². The van der Waals surface area contributed by atoms with Gasteiger partial charge in [-0.1, -0.05) is 6.07 Å². The van der Waals surface area contributed by atoms with E-state index in [1.807, 2.05) is 6.92 Å². The van der Waals surface area contributed by atoms with Gasteiger partial charge in [-0.25, -0.2) is 19.2 Å². The van der Waals surface area contributed by atoms with E-state index in [9.17, 15) is 34.5 Å². The Morgan fingerprint density at radius 2 is 1.25 bits per heavy atom. The van der Waals surface area contributed by atoms with Crippen LogP contribution in [0.5, 0.6) is 40.2 Å². The summed E-state index contributed by atoms with van der Waals surface area (Å²) in [7, 11) is 1.35. The number of hydrogen-bond donors (Lipinski definition) is 7. The highest BCUT2D eigenvalue weighted by Gasteiger charge is 2.18. The molecule has 7 N–H and O–H groups in total. The van der Waals surface area contributed by atoms with Gasteiger partial charge >= 0.3 is 23.2 Å². The van der Waals surface area contributed by atoms with E-state index in [-0.39, 0.29) is 52.1 Å². The molecule has 0 spiro atoms. The van der Waals surface area contributed by atoms with Crippen molar-refractivity contribution in [2.45, 2.75) is 27.7 Å². The molecule has 0 amide bonds. The number of rotatable bonds is 11. The first kappa shape index (κ1) is 47.4. The number of allylic oxidation sites excluding steroid dienone is 1. The van der Waals surface area contributed by atoms with Crippen molar-refractivity contribution in [3.05, 3.63) is 98.6 Å². The Hall–Kier alpha value is -7.76. The highest BCUT2D eigenvalue weighted by atomic mass is 17.2. The minimum atomic E-state index is -1.38. The van der Waals surface area contributed by atoms with Crippen LogP contribution >= 0.6 is 0 Å². The highest BCUT2D eigenvalue weighted by molar-refractivity contribution is 5.95. The number of fused-ring (bicyclic) bond motifs is 2. The van der Waals surface area contributed by atoms with Gasteiger partial charge in [0.25, 0.3) is 5.76 Å². The second kappa shape index (κ2) is 24.0. The molecular formula is C39H40O20. The summed E-state index contributed by atoms with van der Waals surface area (Å²) in [6.45, 7) is 8.54. The number of methoxy groups -OCH3 is 1. The van der Waals surface area contributed by atoms with Crippen molar-refractivity contribution in [3.63, 3.8) is 0 Å². The molecule has 0 saturated carbocycles. The van der Waals surface area contributed by atoms with E-state index in [1.54, 1.807) is 20.8 Å². The van der Waals surface area contributed by atoms with Crippen molar-refractivity contribution in [2.24, 2.45) is 0 Å². The maximum Gasteiger partial charge on any atom is 0.351 e. The Labute approximate surface area is 333 Å². The number of ether oxygens (including phenoxy) is 3. The van der Waals surface area contributed by atoms with Crippen LogP contribution in [0, 0.1) is 12.0 Å². The lowest BCUT2D eigenvalue weighted by atomic mass is 10.1. The fourth-order valence-electron chi connectivity index (χ4n) is 4.01. The summed E-state index contributed by atoms with van der Waals surface area (Å²) in [5, 5.41) is 63.9. The molecular weight excluding hydrogens is 788 g/mol. The zero-order valence-corrected chi connectivity index (χ0v) is 32.0. The van der Waals surface area contributed by atoms with Crippen molar-refractivity contribution < 1.29 is 87.9 Å². The number of esters is 1. The number of phenolic OH excluding ortho intramolecular Hbond substituents is 6. The van der Waals surface area contributed by atoms with Gasteiger partial charge in [0.2, 0.25) is 11.5 Å². The number of carboxylic acid groups (broad SMARTS) is 1. The van der Waals surface area contributed by atoms with E-state index in [0.29, 0.717) is 30.6 Å². The number of para-hydroxylation sites is 1. The quantitative estimate of drug-likeness (QED) is 0.0132. The molecule has 0 fully saturated rings. The Kier molecular flexibility index (Phi) is 19.3. The predicted octanol–water partition coefficient (Wildman–Crippen LogP) is 5.15. The number of aromatic hydroxyl groups is 6. The number of aromatic carboxylic acids is 1. The van der Waals surface area contributed by atoms with Crippen LogP contribution in [0.25, 0.3) is 21.9 Å². The molecule has 0 atom stereocenters. The standard InChI is InChI=1S/C12H10O6.C11H8O6.C10H16O5.C6H6O3/c1-2-17-11(15)7-5-6-3-4-8(13)9(14)10(6)18-12(7)16;1-16-7-3-2-5-4-6(10(13)14)11(15)17-9(5)8(7)12;1-4-11-9-10(15-13-6-3)7-8-14-12-5-2;7-4-2-1-3-5(8)6(4)9/h3-5,13-14H,2H2,1H3;2-4,12H,1H3,(H,13,14);9H,4-6H2,1-3H3;1-3,7-9H/b;;10-9+;. The van der Waals surface area contributed by atoms with Gasteiger partial charge in [-0.3, -0.25) is 4.89 Å². The van der Waals surface area contributed by atoms with Crippen LogP contribution in [-0.2, 0) is 29.0 Å². The highest BCUT2D eigenvalue weighted by Crippen LogP contribution is 2.35. The molecule has 5 aromatic rings. The summed E-state index contributed by atoms with van der Waals surface area (Å²) in [6, 6.07) is 12.0. The summed E-state index contributed by atoms with van der Waals surface area (Å²) < 4.78 is 24.1. The lowest BCUT2D eigenvalue weighted by Crippen LogP contribution is -2.16. The van der Waals surface area contributed by atoms with E-state index in [1.165, 1.54) is 61.9 Å². The number of hydrogen-bond acceptors (Lipinski definition) is 19. The Balaban J connectivity index is 0.000000278. The summed E-state index contributed by atoms with van der Waals surface area (Å²) >= 11 is 0. The molecule has 5 rings (SSSR count). The first-order chi connectivity index (χ1) is 28.1. The fourth-order valence-corrected chi connectivity index (χ4v) is 4.01. The molecule has 0 radical (unpaired) electrons. The topological polar surface area (TPSA) is 301 Å². The van der Waals surface area contributed by atoms with E-state index in [2.05, 4.69) is 21.8 Å². The average Bonchev–Trinajstić information content (AvgIpc) is 3.21. The molecule has 0 aliphatic heterocycles. The Morgan fingerprint density at radius 3 is 1.80 bits per heavy atom. The molecule has 2 heterocycles. The van der Waals surface area contributed by atoms with Crippen molar-refractivity contribution in [2.75, 3.05) is 33.5 Å². The van der Waals surface area contributed by atoms with Crippen LogP contribution in [0.15, 0.2) is 85.0 Å². The lowest BCUT2D eigenvalue weighted by Gasteiger charge is -2.05. The van der Waals surface area contributed by atoms with E-state index in [4.69, 9.17) is 53.2 Å². The average molecular weight is 829 g/mol. The van der Waals surface area contributed by atoms with Crippen molar-refractivity contribution in [1.82, 2.24) is 0 Å². The van der Waals surface area contributed by atoms with Crippen LogP contribution in [0.1, 0.15) is 48.4 Å². The van der Waals surface area contributed by atoms with Crippen molar-refractivity contribution in [1.29, 1.82) is 0 Å². The zero-order chi connectivity index (χ0) is 44.1. The van der Waals surface area contributed by atoms with E-state index < -0.39 is 46.0 Å². The smallest absolute Gasteiger partial charge is 0.351 e. The third kappa shape index (κ3) is 14.0. The van der Waals surface area contributed by atoms with Crippen LogP contribution < -0.4 is 16.0 Å². The molecule has 316 valence electrons. The third-order valence-electron chi connectivity index (χ3n) is 6.65. The summed E-state index contributed by atoms with van der Waals surface area (Å²) in [5.74, 6) is -1.67. The van der Waals surface area contributed by atoms with Gasteiger partial charge in [0, 0.05) is 16.7 Å². The molecule has 3 aromatic carbocycles. The lowest BCUT2D eigenvalue weighted by molar-refractivity contribution is -0.255. The monoisotopic (exact) mass is 828 g/mol. The molecule has 20 nitrogen and oxygen atoms in total. The SMILES string of the molecule is CCO/C=C(\C#COOCC)OOCC.CCOC(=O)c1cc2ccc(O)c(O)c2oc1=O.COc1ccc2cc(C(=O)O)c(=O)oc2c1O.Oc1cccc(O)c1O. The fraction of sp³-hybridized carbons (Fsp3) is 0.231. The van der Waals surface area contributed by atoms with E-state index >= 15 is 0 Å². The molecule has 0 bridgehead atoms. The molecule has 0 saturated heterocycles. The van der Waals surface area contributed by atoms with Crippen LogP contribution in [0.3, 0.4) is 0 Å². The molecule has 0 aliphatic carbocycles. The first-order valence-electron chi connectivity index (χ1n) is 17.0. The number of carbonyl (C=O) groups is 2. The summed E-state index contributed by atoms with van der Waals surface area (Å²) in [6.07, 6.45) is 3.62. The van der Waals surface area contributed by atoms with Gasteiger partial charge in [0.05, 0.1) is 33.5 Å². The summed E-state index contributed by atoms with van der Waals surface area (Å²) in [4.78, 5) is 63.6. The second-order valence-corrected chi connectivity index (χ2v) is 10.6. The van der Waals surface area contributed by atoms with Crippen LogP contribution in [0.4, 0.5) is 0 Å². The first-order valence-corrected chi connectivity index (χ1v) is 17.0. The van der Waals surface area contributed by atoms with Gasteiger partial charge in [0.1, 0.15) is 17.4 Å². The molecule has 20 heteroatoms. The molecule has 2 aromatic heterocycles. The third-order valence-corrected chi connectivity index (χ3v) is 6.65. The molecule has 0 unspecified atom stereocenters. The summed E-state index contributed by atoms with van der Waals surface area (Å²) in [5.41, 5.74) is -2.96. The van der Waals surface area contributed by atoms with Gasteiger partial charge < -0.3 is 63.7 Å². The van der Waals surface area contributed by atoms with Gasteiger partial charge in [-0.05, 0) is 76.2 Å². The number of benzene rings is 3. The van der Waals surface area contributed by atoms with Gasteiger partial charge in [-0.2, -0.15) is 9.78 Å². The maximum atomic E-state index is 11.6. The van der Waals surface area contributed by atoms with Crippen molar-refractivity contribution >= 4 is 33.9 Å². The number of carboxylic acids is 1. The van der Waals surface area contributed by atoms with Gasteiger partial charge in [0.15, 0.2) is 46.0 Å². The number of carbonyl (C=O) groups excluding carboxylic acids is 1. The minimum Gasteiger partial charge on any atom is -0.504 e. The van der Waals surface area contributed by atoms with Crippen molar-refractivity contribution in [3.8, 4) is 52.3 Å². The van der Waals surface area contributed by atoms with E-state index in [0.717, 1.165) is 6.07 Å². The van der Waals surface area contributed by atoms with Gasteiger partial charge in [-0.15, -0.1) is 0 Å². The maximum absolute atomic E-state index is 11.6. The predicted molar refractivity (Wildman–Crippen MR) is 204 cm³/mol. The minimum absolute atomic E-state index is 0.0978. The van der Waals surface area contributed by atoms with Crippen LogP contribution in [-0.4, -0.2) is 81.2 Å². The second-order valence-electron chi connectivity index (χ2n) is 10.6. The molecule has 59 heavy (non-hydrogen) atoms.